The van der Waals surface area contributed by atoms with Gasteiger partial charge in [0, 0.05) is 0 Å². The third-order valence-electron chi connectivity index (χ3n) is 7.00. The lowest BCUT2D eigenvalue weighted by atomic mass is 9.89. The summed E-state index contributed by atoms with van der Waals surface area (Å²) in [6.45, 7) is 11.1. The van der Waals surface area contributed by atoms with Gasteiger partial charge in [0.2, 0.25) is 0 Å². The Hall–Kier alpha value is -1.28. The normalized spacial score (nSPS) is 19.1. The highest BCUT2D eigenvalue weighted by Crippen LogP contribution is 2.24. The number of aliphatic hydroxyl groups excluding tert-OH is 4. The molecular weight excluding hydrogens is 456 g/mol. The Morgan fingerprint density at radius 2 is 0.889 bits per heavy atom. The van der Waals surface area contributed by atoms with Crippen molar-refractivity contribution in [2.45, 2.75) is 129 Å². The van der Waals surface area contributed by atoms with Crippen molar-refractivity contribution in [2.24, 2.45) is 0 Å². The summed E-state index contributed by atoms with van der Waals surface area (Å²) < 4.78 is 0. The van der Waals surface area contributed by atoms with Gasteiger partial charge >= 0.3 is 0 Å². The lowest BCUT2D eigenvalue weighted by Crippen LogP contribution is -2.39. The van der Waals surface area contributed by atoms with Crippen LogP contribution in [0.25, 0.3) is 0 Å². The Bertz CT molecular complexity index is 668. The van der Waals surface area contributed by atoms with E-state index in [1.807, 2.05) is 39.8 Å². The van der Waals surface area contributed by atoms with Gasteiger partial charge in [0.25, 0.3) is 0 Å². The molecule has 0 aliphatic heterocycles. The van der Waals surface area contributed by atoms with Gasteiger partial charge in [-0.2, -0.15) is 0 Å². The molecule has 36 heavy (non-hydrogen) atoms. The zero-order valence-electron chi connectivity index (χ0n) is 23.6. The largest absolute Gasteiger partial charge is 0.392 e. The first-order valence-electron chi connectivity index (χ1n) is 13.4. The van der Waals surface area contributed by atoms with Crippen molar-refractivity contribution in [3.8, 4) is 0 Å². The molecule has 210 valence electrons. The minimum absolute atomic E-state index is 0.0119. The average Bonchev–Trinajstić information content (AvgIpc) is 2.82. The molecule has 6 heteroatoms. The molecule has 0 unspecified atom stereocenters. The van der Waals surface area contributed by atoms with Crippen LogP contribution >= 0.6 is 0 Å². The van der Waals surface area contributed by atoms with Crippen LogP contribution in [0.5, 0.6) is 0 Å². The van der Waals surface area contributed by atoms with Crippen molar-refractivity contribution in [1.82, 2.24) is 0 Å². The lowest BCUT2D eigenvalue weighted by molar-refractivity contribution is -0.0692. The van der Waals surface area contributed by atoms with Gasteiger partial charge in [0.1, 0.15) is 0 Å². The highest BCUT2D eigenvalue weighted by molar-refractivity contribution is 5.04. The third-order valence-corrected chi connectivity index (χ3v) is 7.00. The second kappa shape index (κ2) is 18.1. The van der Waals surface area contributed by atoms with E-state index in [2.05, 4.69) is 12.2 Å². The fourth-order valence-electron chi connectivity index (χ4n) is 3.90. The van der Waals surface area contributed by atoms with Gasteiger partial charge < -0.3 is 30.6 Å². The van der Waals surface area contributed by atoms with Crippen LogP contribution in [0.3, 0.4) is 0 Å². The Morgan fingerprint density at radius 3 is 1.19 bits per heavy atom. The lowest BCUT2D eigenvalue weighted by Gasteiger charge is -2.29. The predicted molar refractivity (Wildman–Crippen MR) is 149 cm³/mol. The molecule has 0 bridgehead atoms. The standard InChI is InChI=1S/C30H54O6/c1-23(15-17-27(33)29(5,35)19-9-13-25(3)21-31)11-7-8-12-24(2)16-18-28(34)30(6,36)20-10-14-26(4)22-32/h11-14,27-28,31-36H,7-10,15-22H2,1-6H3/b23-11+,24-12+,25-13+,26-14+/t27-,28-,29-,30-/m0/s1. The summed E-state index contributed by atoms with van der Waals surface area (Å²) in [6, 6.07) is 0. The van der Waals surface area contributed by atoms with E-state index in [9.17, 15) is 20.4 Å². The maximum Gasteiger partial charge on any atom is 0.0880 e. The smallest absolute Gasteiger partial charge is 0.0880 e. The molecular formula is C30H54O6. The topological polar surface area (TPSA) is 121 Å². The first-order valence-corrected chi connectivity index (χ1v) is 13.4. The summed E-state index contributed by atoms with van der Waals surface area (Å²) in [5, 5.41) is 60.1. The van der Waals surface area contributed by atoms with Crippen molar-refractivity contribution in [2.75, 3.05) is 13.2 Å². The molecule has 6 nitrogen and oxygen atoms in total. The van der Waals surface area contributed by atoms with Crippen molar-refractivity contribution in [3.05, 3.63) is 46.6 Å². The van der Waals surface area contributed by atoms with Crippen LogP contribution in [0.4, 0.5) is 0 Å². The minimum atomic E-state index is -1.16. The first kappa shape index (κ1) is 34.7. The molecule has 0 aromatic carbocycles. The maximum atomic E-state index is 10.6. The molecule has 0 saturated heterocycles. The van der Waals surface area contributed by atoms with E-state index < -0.39 is 23.4 Å². The first-order chi connectivity index (χ1) is 16.7. The van der Waals surface area contributed by atoms with Gasteiger partial charge in [0.15, 0.2) is 0 Å². The van der Waals surface area contributed by atoms with Crippen LogP contribution < -0.4 is 0 Å². The van der Waals surface area contributed by atoms with Gasteiger partial charge in [-0.1, -0.05) is 46.6 Å². The molecule has 0 aromatic rings. The van der Waals surface area contributed by atoms with Crippen LogP contribution in [-0.2, 0) is 0 Å². The van der Waals surface area contributed by atoms with Crippen molar-refractivity contribution >= 4 is 0 Å². The number of rotatable bonds is 19. The van der Waals surface area contributed by atoms with Gasteiger partial charge in [-0.3, -0.25) is 0 Å². The van der Waals surface area contributed by atoms with Crippen molar-refractivity contribution in [1.29, 1.82) is 0 Å². The highest BCUT2D eigenvalue weighted by atomic mass is 16.3. The molecule has 0 aromatic heterocycles. The Morgan fingerprint density at radius 1 is 0.583 bits per heavy atom. The SMILES string of the molecule is C/C(=C\CC[C@](C)(O)[C@@H](O)CC/C(C)=C/CC/C=C(\C)CC[C@H](O)[C@@](C)(O)CC/C=C(\C)CO)CO. The van der Waals surface area contributed by atoms with Crippen LogP contribution in [-0.4, -0.2) is 67.3 Å². The predicted octanol–water partition coefficient (Wildman–Crippen LogP) is 4.88. The van der Waals surface area contributed by atoms with Gasteiger partial charge in [-0.05, 0) is 106 Å². The molecule has 4 atom stereocenters. The highest BCUT2D eigenvalue weighted by Gasteiger charge is 2.30. The molecule has 0 spiro atoms. The number of unbranched alkanes of at least 4 members (excludes halogenated alkanes) is 1. The number of aliphatic hydroxyl groups is 6. The quantitative estimate of drug-likeness (QED) is 0.109. The van der Waals surface area contributed by atoms with Crippen LogP contribution in [0, 0.1) is 0 Å². The number of hydrogen-bond acceptors (Lipinski definition) is 6. The molecule has 0 aliphatic carbocycles. The van der Waals surface area contributed by atoms with Crippen molar-refractivity contribution in [3.63, 3.8) is 0 Å². The summed E-state index contributed by atoms with van der Waals surface area (Å²) in [5.74, 6) is 0. The van der Waals surface area contributed by atoms with E-state index in [0.717, 1.165) is 36.8 Å². The molecule has 0 heterocycles. The number of allylic oxidation sites excluding steroid dienone is 6. The van der Waals surface area contributed by atoms with Crippen LogP contribution in [0.2, 0.25) is 0 Å². The van der Waals surface area contributed by atoms with E-state index in [1.165, 1.54) is 11.1 Å². The molecule has 0 amide bonds. The van der Waals surface area contributed by atoms with Gasteiger partial charge in [-0.25, -0.2) is 0 Å². The fraction of sp³-hybridized carbons (Fsp3) is 0.733. The summed E-state index contributed by atoms with van der Waals surface area (Å²) in [5.41, 5.74) is 1.79. The zero-order chi connectivity index (χ0) is 27.8. The maximum absolute atomic E-state index is 10.6. The second-order valence-electron chi connectivity index (χ2n) is 11.0. The molecule has 0 saturated carbocycles. The molecule has 6 N–H and O–H groups in total. The van der Waals surface area contributed by atoms with Crippen LogP contribution in [0.1, 0.15) is 106 Å². The molecule has 0 aliphatic rings. The number of hydrogen-bond donors (Lipinski definition) is 6. The fourth-order valence-corrected chi connectivity index (χ4v) is 3.90. The van der Waals surface area contributed by atoms with Gasteiger partial charge in [-0.15, -0.1) is 0 Å². The van der Waals surface area contributed by atoms with E-state index >= 15 is 0 Å². The zero-order valence-corrected chi connectivity index (χ0v) is 23.6. The third kappa shape index (κ3) is 15.7. The van der Waals surface area contributed by atoms with Crippen molar-refractivity contribution < 1.29 is 30.6 Å². The molecule has 0 fully saturated rings. The Kier molecular flexibility index (Phi) is 17.4. The van der Waals surface area contributed by atoms with E-state index in [1.54, 1.807) is 13.8 Å². The monoisotopic (exact) mass is 510 g/mol. The molecule has 0 rings (SSSR count). The van der Waals surface area contributed by atoms with E-state index in [4.69, 9.17) is 10.2 Å². The van der Waals surface area contributed by atoms with E-state index in [-0.39, 0.29) is 13.2 Å². The minimum Gasteiger partial charge on any atom is -0.392 e. The Labute approximate surface area is 219 Å². The second-order valence-corrected chi connectivity index (χ2v) is 11.0. The van der Waals surface area contributed by atoms with E-state index in [0.29, 0.717) is 38.5 Å². The summed E-state index contributed by atoms with van der Waals surface area (Å²) in [7, 11) is 0. The van der Waals surface area contributed by atoms with Crippen LogP contribution in [0.15, 0.2) is 46.6 Å². The summed E-state index contributed by atoms with van der Waals surface area (Å²) in [4.78, 5) is 0. The summed E-state index contributed by atoms with van der Waals surface area (Å²) >= 11 is 0. The van der Waals surface area contributed by atoms with Gasteiger partial charge in [0.05, 0.1) is 36.6 Å². The molecule has 0 radical (unpaired) electrons. The summed E-state index contributed by atoms with van der Waals surface area (Å²) in [6.07, 6.45) is 12.9. The average molecular weight is 511 g/mol. The Balaban J connectivity index is 4.39.